The van der Waals surface area contributed by atoms with Crippen molar-refractivity contribution in [2.45, 2.75) is 38.0 Å². The van der Waals surface area contributed by atoms with Crippen LogP contribution in [0.2, 0.25) is 0 Å². The summed E-state index contributed by atoms with van der Waals surface area (Å²) in [6.07, 6.45) is 1.46. The molecule has 0 unspecified atom stereocenters. The number of para-hydroxylation sites is 1. The Morgan fingerprint density at radius 2 is 1.68 bits per heavy atom. The summed E-state index contributed by atoms with van der Waals surface area (Å²) in [6, 6.07) is 9.07. The van der Waals surface area contributed by atoms with Gasteiger partial charge < -0.3 is 0 Å². The van der Waals surface area contributed by atoms with Gasteiger partial charge in [0.05, 0.1) is 17.1 Å². The number of hydrogen-bond acceptors (Lipinski definition) is 4. The average molecular weight is 404 g/mol. The molecule has 0 spiro atoms. The van der Waals surface area contributed by atoms with E-state index in [1.807, 2.05) is 39.0 Å². The molecule has 0 aliphatic carbocycles. The number of aromatic nitrogens is 4. The van der Waals surface area contributed by atoms with Crippen LogP contribution >= 0.6 is 0 Å². The Morgan fingerprint density at radius 3 is 2.25 bits per heavy atom. The quantitative estimate of drug-likeness (QED) is 0.724. The van der Waals surface area contributed by atoms with Crippen molar-refractivity contribution in [3.05, 3.63) is 58.3 Å². The predicted molar refractivity (Wildman–Crippen MR) is 108 cm³/mol. The molecule has 0 aliphatic rings. The van der Waals surface area contributed by atoms with E-state index in [9.17, 15) is 13.2 Å². The van der Waals surface area contributed by atoms with Gasteiger partial charge in [-0.15, -0.1) is 0 Å². The van der Waals surface area contributed by atoms with Gasteiger partial charge in [-0.1, -0.05) is 39.0 Å². The Kier molecular flexibility index (Phi) is 4.74. The fraction of sp³-hybridized carbons (Fsp3) is 0.368. The Balaban J connectivity index is 2.12. The standard InChI is InChI=1S/C19H25N5O3S/c1-13-16(18(25)24(23(13)6)14-10-8-7-9-11-14)21-28(26,27)15-12-22(5)20-17(15)19(2,3)4/h7-12,21H,1-6H3. The van der Waals surface area contributed by atoms with Crippen LogP contribution in [0.1, 0.15) is 32.2 Å². The number of rotatable bonds is 4. The van der Waals surface area contributed by atoms with Crippen molar-refractivity contribution >= 4 is 15.7 Å². The molecular weight excluding hydrogens is 378 g/mol. The normalized spacial score (nSPS) is 12.4. The molecule has 0 fully saturated rings. The number of nitrogens with zero attached hydrogens (tertiary/aromatic N) is 4. The lowest BCUT2D eigenvalue weighted by Gasteiger charge is -2.17. The van der Waals surface area contributed by atoms with Crippen LogP contribution in [0.4, 0.5) is 5.69 Å². The molecule has 8 nitrogen and oxygen atoms in total. The van der Waals surface area contributed by atoms with Gasteiger partial charge in [-0.25, -0.2) is 13.1 Å². The van der Waals surface area contributed by atoms with Crippen LogP contribution < -0.4 is 10.3 Å². The topological polar surface area (TPSA) is 90.9 Å². The van der Waals surface area contributed by atoms with Crippen molar-refractivity contribution in [2.24, 2.45) is 14.1 Å². The molecule has 9 heteroatoms. The highest BCUT2D eigenvalue weighted by molar-refractivity contribution is 7.92. The Hall–Kier alpha value is -2.81. The maximum atomic E-state index is 13.1. The molecule has 0 radical (unpaired) electrons. The summed E-state index contributed by atoms with van der Waals surface area (Å²) in [5.74, 6) is 0. The van der Waals surface area contributed by atoms with Crippen molar-refractivity contribution in [2.75, 3.05) is 4.72 Å². The van der Waals surface area contributed by atoms with Crippen LogP contribution in [0.25, 0.3) is 5.69 Å². The Bertz CT molecular complexity index is 1180. The minimum absolute atomic E-state index is 0.0232. The molecule has 2 heterocycles. The van der Waals surface area contributed by atoms with Gasteiger partial charge in [-0.05, 0) is 19.1 Å². The van der Waals surface area contributed by atoms with Gasteiger partial charge >= 0.3 is 0 Å². The third-order valence-corrected chi connectivity index (χ3v) is 5.94. The van der Waals surface area contributed by atoms with Crippen LogP contribution in [-0.2, 0) is 29.5 Å². The highest BCUT2D eigenvalue weighted by Gasteiger charge is 2.31. The lowest BCUT2D eigenvalue weighted by Crippen LogP contribution is -2.24. The molecule has 0 aliphatic heterocycles. The third-order valence-electron chi connectivity index (χ3n) is 4.59. The van der Waals surface area contributed by atoms with E-state index < -0.39 is 21.0 Å². The first-order valence-corrected chi connectivity index (χ1v) is 10.3. The van der Waals surface area contributed by atoms with Crippen molar-refractivity contribution in [1.82, 2.24) is 19.1 Å². The fourth-order valence-electron chi connectivity index (χ4n) is 3.06. The second kappa shape index (κ2) is 6.66. The number of benzene rings is 1. The minimum Gasteiger partial charge on any atom is -0.283 e. The first kappa shape index (κ1) is 19.9. The first-order valence-electron chi connectivity index (χ1n) is 8.84. The second-order valence-electron chi connectivity index (χ2n) is 7.81. The number of sulfonamides is 1. The highest BCUT2D eigenvalue weighted by atomic mass is 32.2. The van der Waals surface area contributed by atoms with Crippen molar-refractivity contribution in [3.8, 4) is 5.69 Å². The van der Waals surface area contributed by atoms with Crippen molar-refractivity contribution < 1.29 is 8.42 Å². The van der Waals surface area contributed by atoms with Crippen molar-refractivity contribution in [1.29, 1.82) is 0 Å². The lowest BCUT2D eigenvalue weighted by molar-refractivity contribution is 0.539. The van der Waals surface area contributed by atoms with E-state index in [-0.39, 0.29) is 10.6 Å². The van der Waals surface area contributed by atoms with Crippen LogP contribution in [0.3, 0.4) is 0 Å². The predicted octanol–water partition coefficient (Wildman–Crippen LogP) is 2.32. The van der Waals surface area contributed by atoms with Crippen LogP contribution in [-0.4, -0.2) is 27.6 Å². The van der Waals surface area contributed by atoms with Gasteiger partial charge in [0.15, 0.2) is 0 Å². The molecule has 0 saturated carbocycles. The van der Waals surface area contributed by atoms with Gasteiger partial charge in [0.25, 0.3) is 15.6 Å². The van der Waals surface area contributed by atoms with Crippen LogP contribution in [0, 0.1) is 6.92 Å². The van der Waals surface area contributed by atoms with Gasteiger partial charge in [-0.2, -0.15) is 5.10 Å². The molecule has 2 aromatic heterocycles. The Morgan fingerprint density at radius 1 is 1.07 bits per heavy atom. The van der Waals surface area contributed by atoms with Crippen molar-refractivity contribution in [3.63, 3.8) is 0 Å². The molecule has 0 saturated heterocycles. The van der Waals surface area contributed by atoms with Gasteiger partial charge in [0.2, 0.25) is 0 Å². The smallest absolute Gasteiger partial charge is 0.283 e. The molecule has 3 aromatic rings. The molecule has 28 heavy (non-hydrogen) atoms. The van der Waals surface area contributed by atoms with Gasteiger partial charge in [0.1, 0.15) is 10.6 Å². The SMILES string of the molecule is Cc1c(NS(=O)(=O)c2cn(C)nc2C(C)(C)C)c(=O)n(-c2ccccc2)n1C. The largest absolute Gasteiger partial charge is 0.296 e. The summed E-state index contributed by atoms with van der Waals surface area (Å²) in [7, 11) is -0.611. The number of hydrogen-bond donors (Lipinski definition) is 1. The highest BCUT2D eigenvalue weighted by Crippen LogP contribution is 2.29. The van der Waals surface area contributed by atoms with Crippen LogP contribution in [0.5, 0.6) is 0 Å². The summed E-state index contributed by atoms with van der Waals surface area (Å²) < 4.78 is 33.3. The zero-order chi connectivity index (χ0) is 20.9. The zero-order valence-electron chi connectivity index (χ0n) is 16.9. The monoisotopic (exact) mass is 403 g/mol. The lowest BCUT2D eigenvalue weighted by atomic mass is 9.92. The molecule has 150 valence electrons. The zero-order valence-corrected chi connectivity index (χ0v) is 17.7. The van der Waals surface area contributed by atoms with Gasteiger partial charge in [0, 0.05) is 25.7 Å². The van der Waals surface area contributed by atoms with E-state index in [0.717, 1.165) is 0 Å². The number of nitrogens with one attached hydrogen (secondary N) is 1. The Labute approximate surface area is 164 Å². The minimum atomic E-state index is -4.00. The van der Waals surface area contributed by atoms with E-state index >= 15 is 0 Å². The molecular formula is C19H25N5O3S. The summed E-state index contributed by atoms with van der Waals surface area (Å²) in [6.45, 7) is 7.38. The summed E-state index contributed by atoms with van der Waals surface area (Å²) >= 11 is 0. The molecule has 1 N–H and O–H groups in total. The third kappa shape index (κ3) is 3.37. The van der Waals surface area contributed by atoms with E-state index in [1.54, 1.807) is 37.8 Å². The van der Waals surface area contributed by atoms with E-state index in [2.05, 4.69) is 9.82 Å². The molecule has 3 rings (SSSR count). The average Bonchev–Trinajstić information content (AvgIpc) is 3.11. The summed E-state index contributed by atoms with van der Waals surface area (Å²) in [5.41, 5.74) is 0.728. The second-order valence-corrected chi connectivity index (χ2v) is 9.46. The number of aryl methyl sites for hydroxylation is 1. The van der Waals surface area contributed by atoms with Crippen LogP contribution in [0.15, 0.2) is 46.2 Å². The van der Waals surface area contributed by atoms with E-state index in [1.165, 1.54) is 15.6 Å². The molecule has 0 atom stereocenters. The van der Waals surface area contributed by atoms with E-state index in [4.69, 9.17) is 0 Å². The number of anilines is 1. The molecule has 1 aromatic carbocycles. The maximum Gasteiger partial charge on any atom is 0.296 e. The van der Waals surface area contributed by atoms with Gasteiger partial charge in [-0.3, -0.25) is 18.9 Å². The first-order chi connectivity index (χ1) is 12.9. The summed E-state index contributed by atoms with van der Waals surface area (Å²) in [5, 5.41) is 4.31. The maximum absolute atomic E-state index is 13.1. The fourth-order valence-corrected chi connectivity index (χ4v) is 4.56. The molecule has 0 bridgehead atoms. The van der Waals surface area contributed by atoms with E-state index in [0.29, 0.717) is 17.1 Å². The molecule has 0 amide bonds. The summed E-state index contributed by atoms with van der Waals surface area (Å²) in [4.78, 5) is 13.1.